The predicted molar refractivity (Wildman–Crippen MR) is 84.4 cm³/mol. The van der Waals surface area contributed by atoms with Gasteiger partial charge in [-0.1, -0.05) is 18.2 Å². The minimum absolute atomic E-state index is 0.820. The highest BCUT2D eigenvalue weighted by atomic mass is 15.3. The van der Waals surface area contributed by atoms with Gasteiger partial charge in [-0.15, -0.1) is 0 Å². The summed E-state index contributed by atoms with van der Waals surface area (Å²) in [6.45, 7) is 3.92. The van der Waals surface area contributed by atoms with Gasteiger partial charge in [0.05, 0.1) is 0 Å². The van der Waals surface area contributed by atoms with Crippen molar-refractivity contribution in [2.75, 3.05) is 31.1 Å². The van der Waals surface area contributed by atoms with E-state index in [4.69, 9.17) is 0 Å². The molecule has 2 aromatic heterocycles. The summed E-state index contributed by atoms with van der Waals surface area (Å²) < 4.78 is 0. The lowest BCUT2D eigenvalue weighted by Gasteiger charge is -2.27. The van der Waals surface area contributed by atoms with Crippen LogP contribution in [0.4, 0.5) is 5.95 Å². The van der Waals surface area contributed by atoms with Crippen LogP contribution in [0.15, 0.2) is 42.9 Å². The van der Waals surface area contributed by atoms with Crippen molar-refractivity contribution < 1.29 is 0 Å². The van der Waals surface area contributed by atoms with Gasteiger partial charge in [0.25, 0.3) is 0 Å². The first kappa shape index (κ1) is 12.3. The third kappa shape index (κ3) is 2.25. The van der Waals surface area contributed by atoms with Crippen LogP contribution in [0.3, 0.4) is 0 Å². The molecule has 1 saturated heterocycles. The normalized spacial score (nSPS) is 15.5. The Hall–Kier alpha value is -2.40. The highest BCUT2D eigenvalue weighted by Crippen LogP contribution is 2.27. The summed E-state index contributed by atoms with van der Waals surface area (Å²) in [7, 11) is 0. The molecule has 21 heavy (non-hydrogen) atoms. The van der Waals surface area contributed by atoms with Gasteiger partial charge in [-0.2, -0.15) is 0 Å². The number of nitrogens with one attached hydrogen (secondary N) is 2. The summed E-state index contributed by atoms with van der Waals surface area (Å²) in [6, 6.07) is 8.28. The van der Waals surface area contributed by atoms with E-state index in [9.17, 15) is 0 Å². The van der Waals surface area contributed by atoms with Crippen molar-refractivity contribution in [3.05, 3.63) is 42.9 Å². The Morgan fingerprint density at radius 1 is 1.00 bits per heavy atom. The van der Waals surface area contributed by atoms with E-state index in [2.05, 4.69) is 43.4 Å². The van der Waals surface area contributed by atoms with E-state index in [0.717, 1.165) is 48.8 Å². The SMILES string of the molecule is c1ccc2c(-c3cnc(N4CCNCC4)nc3)c[nH]c2c1. The highest BCUT2D eigenvalue weighted by molar-refractivity contribution is 5.95. The number of fused-ring (bicyclic) bond motifs is 1. The van der Waals surface area contributed by atoms with Crippen molar-refractivity contribution in [2.24, 2.45) is 0 Å². The second kappa shape index (κ2) is 5.18. The van der Waals surface area contributed by atoms with Crippen molar-refractivity contribution in [3.8, 4) is 11.1 Å². The van der Waals surface area contributed by atoms with Gasteiger partial charge >= 0.3 is 0 Å². The zero-order valence-corrected chi connectivity index (χ0v) is 11.7. The fraction of sp³-hybridized carbons (Fsp3) is 0.250. The maximum atomic E-state index is 4.54. The quantitative estimate of drug-likeness (QED) is 0.753. The smallest absolute Gasteiger partial charge is 0.225 e. The maximum absolute atomic E-state index is 4.54. The average molecular weight is 279 g/mol. The van der Waals surface area contributed by atoms with Crippen molar-refractivity contribution in [3.63, 3.8) is 0 Å². The molecule has 1 aromatic carbocycles. The van der Waals surface area contributed by atoms with Crippen LogP contribution in [0, 0.1) is 0 Å². The van der Waals surface area contributed by atoms with Crippen molar-refractivity contribution in [2.45, 2.75) is 0 Å². The number of para-hydroxylation sites is 1. The fourth-order valence-electron chi connectivity index (χ4n) is 2.80. The third-order valence-corrected chi connectivity index (χ3v) is 3.94. The standard InChI is InChI=1S/C16H17N5/c1-2-4-15-13(3-1)14(11-18-15)12-9-19-16(20-10-12)21-7-5-17-6-8-21/h1-4,9-11,17-18H,5-8H2. The summed E-state index contributed by atoms with van der Waals surface area (Å²) in [6.07, 6.45) is 5.85. The number of hydrogen-bond donors (Lipinski definition) is 2. The molecule has 4 rings (SSSR count). The van der Waals surface area contributed by atoms with Gasteiger partial charge in [0.2, 0.25) is 5.95 Å². The number of anilines is 1. The lowest BCUT2D eigenvalue weighted by Crippen LogP contribution is -2.44. The monoisotopic (exact) mass is 279 g/mol. The molecule has 1 aliphatic heterocycles. The first-order valence-electron chi connectivity index (χ1n) is 7.26. The number of nitrogens with zero attached hydrogens (tertiary/aromatic N) is 3. The topological polar surface area (TPSA) is 56.8 Å². The van der Waals surface area contributed by atoms with Crippen LogP contribution in [0.2, 0.25) is 0 Å². The molecule has 3 heterocycles. The van der Waals surface area contributed by atoms with Crippen LogP contribution in [0.5, 0.6) is 0 Å². The number of hydrogen-bond acceptors (Lipinski definition) is 4. The van der Waals surface area contributed by atoms with Crippen LogP contribution < -0.4 is 10.2 Å². The minimum Gasteiger partial charge on any atom is -0.361 e. The van der Waals surface area contributed by atoms with E-state index in [-0.39, 0.29) is 0 Å². The van der Waals surface area contributed by atoms with Gasteiger partial charge in [-0.25, -0.2) is 9.97 Å². The molecule has 0 saturated carbocycles. The van der Waals surface area contributed by atoms with Gasteiger partial charge in [0.1, 0.15) is 0 Å². The molecule has 5 nitrogen and oxygen atoms in total. The van der Waals surface area contributed by atoms with Crippen LogP contribution in [0.1, 0.15) is 0 Å². The largest absolute Gasteiger partial charge is 0.361 e. The van der Waals surface area contributed by atoms with Crippen molar-refractivity contribution in [1.29, 1.82) is 0 Å². The molecule has 3 aromatic rings. The average Bonchev–Trinajstić information content (AvgIpc) is 3.00. The van der Waals surface area contributed by atoms with Crippen LogP contribution in [0.25, 0.3) is 22.0 Å². The molecule has 0 spiro atoms. The second-order valence-corrected chi connectivity index (χ2v) is 5.26. The fourth-order valence-corrected chi connectivity index (χ4v) is 2.80. The summed E-state index contributed by atoms with van der Waals surface area (Å²) in [5, 5.41) is 4.54. The Kier molecular flexibility index (Phi) is 3.05. The number of aromatic nitrogens is 3. The lowest BCUT2D eigenvalue weighted by atomic mass is 10.1. The number of H-pyrrole nitrogens is 1. The summed E-state index contributed by atoms with van der Waals surface area (Å²) in [4.78, 5) is 14.6. The predicted octanol–water partition coefficient (Wildman–Crippen LogP) is 2.03. The van der Waals surface area contributed by atoms with Crippen LogP contribution >= 0.6 is 0 Å². The molecule has 1 fully saturated rings. The van der Waals surface area contributed by atoms with Gasteiger partial charge in [0, 0.05) is 66.8 Å². The molecule has 106 valence electrons. The van der Waals surface area contributed by atoms with E-state index < -0.39 is 0 Å². The number of benzene rings is 1. The van der Waals surface area contributed by atoms with Gasteiger partial charge < -0.3 is 15.2 Å². The summed E-state index contributed by atoms with van der Waals surface area (Å²) in [5.41, 5.74) is 3.34. The summed E-state index contributed by atoms with van der Waals surface area (Å²) >= 11 is 0. The van der Waals surface area contributed by atoms with E-state index in [0.29, 0.717) is 0 Å². The molecule has 1 aliphatic rings. The second-order valence-electron chi connectivity index (χ2n) is 5.26. The van der Waals surface area contributed by atoms with E-state index >= 15 is 0 Å². The first-order chi connectivity index (χ1) is 10.4. The van der Waals surface area contributed by atoms with Crippen molar-refractivity contribution >= 4 is 16.9 Å². The summed E-state index contributed by atoms with van der Waals surface area (Å²) in [5.74, 6) is 0.820. The Bertz CT molecular complexity index is 741. The van der Waals surface area contributed by atoms with E-state index in [1.54, 1.807) is 0 Å². The number of aromatic amines is 1. The molecule has 5 heteroatoms. The van der Waals surface area contributed by atoms with E-state index in [1.165, 1.54) is 5.39 Å². The molecule has 0 unspecified atom stereocenters. The molecule has 0 amide bonds. The zero-order valence-electron chi connectivity index (χ0n) is 11.7. The lowest BCUT2D eigenvalue weighted by molar-refractivity contribution is 0.580. The molecule has 0 aliphatic carbocycles. The van der Waals surface area contributed by atoms with Crippen LogP contribution in [-0.2, 0) is 0 Å². The molecule has 0 atom stereocenters. The Balaban J connectivity index is 1.67. The van der Waals surface area contributed by atoms with Gasteiger partial charge in [-0.05, 0) is 6.07 Å². The van der Waals surface area contributed by atoms with Gasteiger partial charge in [0.15, 0.2) is 0 Å². The molecule has 0 bridgehead atoms. The highest BCUT2D eigenvalue weighted by Gasteiger charge is 2.13. The van der Waals surface area contributed by atoms with E-state index in [1.807, 2.05) is 24.7 Å². The third-order valence-electron chi connectivity index (χ3n) is 3.94. The van der Waals surface area contributed by atoms with Crippen molar-refractivity contribution in [1.82, 2.24) is 20.3 Å². The molecular formula is C16H17N5. The Labute approximate surface area is 123 Å². The Morgan fingerprint density at radius 2 is 1.76 bits per heavy atom. The zero-order chi connectivity index (χ0) is 14.1. The van der Waals surface area contributed by atoms with Crippen LogP contribution in [-0.4, -0.2) is 41.1 Å². The molecular weight excluding hydrogens is 262 g/mol. The minimum atomic E-state index is 0.820. The maximum Gasteiger partial charge on any atom is 0.225 e. The number of rotatable bonds is 2. The number of piperazine rings is 1. The molecule has 2 N–H and O–H groups in total. The first-order valence-corrected chi connectivity index (χ1v) is 7.26. The molecule has 0 radical (unpaired) electrons. The Morgan fingerprint density at radius 3 is 2.57 bits per heavy atom. The van der Waals surface area contributed by atoms with Gasteiger partial charge in [-0.3, -0.25) is 0 Å².